The van der Waals surface area contributed by atoms with E-state index >= 15 is 0 Å². The molecule has 86 valence electrons. The fraction of sp³-hybridized carbons (Fsp3) is 0.750. The lowest BCUT2D eigenvalue weighted by atomic mass is 9.87. The molecule has 3 nitrogen and oxygen atoms in total. The van der Waals surface area contributed by atoms with Crippen LogP contribution in [0.1, 0.15) is 39.5 Å². The van der Waals surface area contributed by atoms with Gasteiger partial charge in [-0.15, -0.1) is 12.3 Å². The van der Waals surface area contributed by atoms with E-state index < -0.39 is 11.4 Å². The van der Waals surface area contributed by atoms with Crippen LogP contribution < -0.4 is 0 Å². The van der Waals surface area contributed by atoms with Gasteiger partial charge < -0.3 is 9.84 Å². The van der Waals surface area contributed by atoms with E-state index in [9.17, 15) is 4.79 Å². The van der Waals surface area contributed by atoms with Crippen LogP contribution in [0.4, 0.5) is 0 Å². The Labute approximate surface area is 91.8 Å². The van der Waals surface area contributed by atoms with Crippen LogP contribution in [0.5, 0.6) is 0 Å². The van der Waals surface area contributed by atoms with Crippen LogP contribution in [0.2, 0.25) is 0 Å². The monoisotopic (exact) mass is 212 g/mol. The van der Waals surface area contributed by atoms with Crippen LogP contribution in [-0.2, 0) is 9.53 Å². The summed E-state index contributed by atoms with van der Waals surface area (Å²) in [6.45, 7) is 4.75. The molecule has 0 bridgehead atoms. The molecule has 3 heteroatoms. The number of unbranched alkanes of at least 4 members (excludes halogenated alkanes) is 1. The maximum Gasteiger partial charge on any atom is 0.309 e. The van der Waals surface area contributed by atoms with Gasteiger partial charge in [-0.05, 0) is 26.7 Å². The maximum atomic E-state index is 10.8. The Morgan fingerprint density at radius 2 is 2.07 bits per heavy atom. The lowest BCUT2D eigenvalue weighted by Crippen LogP contribution is -2.23. The number of carboxylic acids is 1. The minimum Gasteiger partial charge on any atom is -0.481 e. The van der Waals surface area contributed by atoms with Crippen molar-refractivity contribution in [2.75, 3.05) is 13.2 Å². The van der Waals surface area contributed by atoms with Gasteiger partial charge in [0.25, 0.3) is 0 Å². The van der Waals surface area contributed by atoms with Crippen molar-refractivity contribution in [3.63, 3.8) is 0 Å². The number of carbonyl (C=O) groups is 1. The van der Waals surface area contributed by atoms with E-state index in [1.165, 1.54) is 0 Å². The predicted octanol–water partition coefficient (Wildman–Crippen LogP) is 2.31. The third kappa shape index (κ3) is 6.98. The molecule has 0 amide bonds. The van der Waals surface area contributed by atoms with Crippen LogP contribution in [0.15, 0.2) is 0 Å². The molecule has 1 N–H and O–H groups in total. The first-order valence-electron chi connectivity index (χ1n) is 5.25. The highest BCUT2D eigenvalue weighted by atomic mass is 16.5. The Morgan fingerprint density at radius 3 is 2.60 bits per heavy atom. The summed E-state index contributed by atoms with van der Waals surface area (Å²) < 4.78 is 5.26. The molecular formula is C12H20O3. The van der Waals surface area contributed by atoms with Gasteiger partial charge in [0.1, 0.15) is 0 Å². The van der Waals surface area contributed by atoms with Crippen molar-refractivity contribution in [2.45, 2.75) is 39.5 Å². The Bertz CT molecular complexity index is 226. The number of terminal acetylenes is 1. The fourth-order valence-corrected chi connectivity index (χ4v) is 1.11. The highest BCUT2D eigenvalue weighted by Crippen LogP contribution is 2.23. The van der Waals surface area contributed by atoms with Gasteiger partial charge in [-0.1, -0.05) is 6.42 Å². The predicted molar refractivity (Wildman–Crippen MR) is 59.5 cm³/mol. The van der Waals surface area contributed by atoms with Crippen LogP contribution in [0, 0.1) is 17.8 Å². The van der Waals surface area contributed by atoms with Crippen molar-refractivity contribution in [3.8, 4) is 12.3 Å². The molecule has 0 aliphatic heterocycles. The van der Waals surface area contributed by atoms with Crippen molar-refractivity contribution >= 4 is 5.97 Å². The summed E-state index contributed by atoms with van der Waals surface area (Å²) in [5.41, 5.74) is -0.626. The fourth-order valence-electron chi connectivity index (χ4n) is 1.11. The molecule has 0 saturated carbocycles. The quantitative estimate of drug-likeness (QED) is 0.496. The lowest BCUT2D eigenvalue weighted by molar-refractivity contribution is -0.147. The largest absolute Gasteiger partial charge is 0.481 e. The highest BCUT2D eigenvalue weighted by molar-refractivity contribution is 5.73. The molecule has 15 heavy (non-hydrogen) atoms. The van der Waals surface area contributed by atoms with Crippen LogP contribution in [0.25, 0.3) is 0 Å². The van der Waals surface area contributed by atoms with E-state index in [4.69, 9.17) is 16.3 Å². The first kappa shape index (κ1) is 14.0. The minimum atomic E-state index is -0.740. The van der Waals surface area contributed by atoms with Gasteiger partial charge in [-0.2, -0.15) is 0 Å². The lowest BCUT2D eigenvalue weighted by Gasteiger charge is -2.18. The van der Waals surface area contributed by atoms with Gasteiger partial charge in [0, 0.05) is 13.0 Å². The molecule has 0 aliphatic rings. The number of hydrogen-bond donors (Lipinski definition) is 1. The summed E-state index contributed by atoms with van der Waals surface area (Å²) in [6, 6.07) is 0. The van der Waals surface area contributed by atoms with Gasteiger partial charge >= 0.3 is 5.97 Å². The molecule has 0 atom stereocenters. The molecule has 0 radical (unpaired) electrons. The first-order valence-corrected chi connectivity index (χ1v) is 5.25. The molecular weight excluding hydrogens is 192 g/mol. The Hall–Kier alpha value is -1.01. The molecule has 0 saturated heterocycles. The third-order valence-corrected chi connectivity index (χ3v) is 2.31. The van der Waals surface area contributed by atoms with Crippen LogP contribution in [-0.4, -0.2) is 24.3 Å². The standard InChI is InChI=1S/C12H20O3/c1-4-5-9-15-10-7-6-8-12(2,3)11(13)14/h1H,5-10H2,2-3H3,(H,13,14). The molecule has 0 aromatic carbocycles. The van der Waals surface area contributed by atoms with Crippen molar-refractivity contribution in [3.05, 3.63) is 0 Å². The summed E-state index contributed by atoms with van der Waals surface area (Å²) in [5, 5.41) is 8.86. The number of aliphatic carboxylic acids is 1. The molecule has 0 aromatic heterocycles. The van der Waals surface area contributed by atoms with Crippen molar-refractivity contribution in [1.82, 2.24) is 0 Å². The molecule has 0 aromatic rings. The smallest absolute Gasteiger partial charge is 0.309 e. The van der Waals surface area contributed by atoms with Gasteiger partial charge in [0.05, 0.1) is 12.0 Å². The van der Waals surface area contributed by atoms with E-state index in [0.29, 0.717) is 26.1 Å². The number of carboxylic acid groups (broad SMARTS) is 1. The van der Waals surface area contributed by atoms with Gasteiger partial charge in [0.15, 0.2) is 0 Å². The normalized spacial score (nSPS) is 11.0. The van der Waals surface area contributed by atoms with Gasteiger partial charge in [-0.3, -0.25) is 4.79 Å². The topological polar surface area (TPSA) is 46.5 Å². The Morgan fingerprint density at radius 1 is 1.40 bits per heavy atom. The van der Waals surface area contributed by atoms with Crippen molar-refractivity contribution in [1.29, 1.82) is 0 Å². The Kier molecular flexibility index (Phi) is 6.81. The first-order chi connectivity index (χ1) is 7.00. The number of hydrogen-bond acceptors (Lipinski definition) is 2. The molecule has 0 unspecified atom stereocenters. The summed E-state index contributed by atoms with van der Waals surface area (Å²) in [7, 11) is 0. The second-order valence-corrected chi connectivity index (χ2v) is 4.21. The minimum absolute atomic E-state index is 0.596. The second-order valence-electron chi connectivity index (χ2n) is 4.21. The molecule has 0 aliphatic carbocycles. The molecule has 0 fully saturated rings. The van der Waals surface area contributed by atoms with Crippen LogP contribution >= 0.6 is 0 Å². The van der Waals surface area contributed by atoms with E-state index in [0.717, 1.165) is 12.8 Å². The number of ether oxygens (including phenoxy) is 1. The Balaban J connectivity index is 3.39. The van der Waals surface area contributed by atoms with E-state index in [-0.39, 0.29) is 0 Å². The number of rotatable bonds is 8. The van der Waals surface area contributed by atoms with Crippen molar-refractivity contribution < 1.29 is 14.6 Å². The summed E-state index contributed by atoms with van der Waals surface area (Å²) in [6.07, 6.45) is 8.15. The maximum absolute atomic E-state index is 10.8. The summed E-state index contributed by atoms with van der Waals surface area (Å²) in [4.78, 5) is 10.8. The zero-order valence-electron chi connectivity index (χ0n) is 9.58. The third-order valence-electron chi connectivity index (χ3n) is 2.31. The molecule has 0 rings (SSSR count). The zero-order valence-corrected chi connectivity index (χ0v) is 9.58. The summed E-state index contributed by atoms with van der Waals surface area (Å²) >= 11 is 0. The average molecular weight is 212 g/mol. The molecule has 0 heterocycles. The van der Waals surface area contributed by atoms with Gasteiger partial charge in [0.2, 0.25) is 0 Å². The SMILES string of the molecule is C#CCCOCCCCC(C)(C)C(=O)O. The second kappa shape index (κ2) is 7.30. The van der Waals surface area contributed by atoms with Crippen LogP contribution in [0.3, 0.4) is 0 Å². The van der Waals surface area contributed by atoms with E-state index in [1.54, 1.807) is 13.8 Å². The van der Waals surface area contributed by atoms with E-state index in [1.807, 2.05) is 0 Å². The highest BCUT2D eigenvalue weighted by Gasteiger charge is 2.25. The average Bonchev–Trinajstić information content (AvgIpc) is 2.16. The summed E-state index contributed by atoms with van der Waals surface area (Å²) in [5.74, 6) is 1.76. The van der Waals surface area contributed by atoms with E-state index in [2.05, 4.69) is 5.92 Å². The zero-order chi connectivity index (χ0) is 11.7. The van der Waals surface area contributed by atoms with Crippen molar-refractivity contribution in [2.24, 2.45) is 5.41 Å². The molecule has 0 spiro atoms. The van der Waals surface area contributed by atoms with Gasteiger partial charge in [-0.25, -0.2) is 0 Å².